The summed E-state index contributed by atoms with van der Waals surface area (Å²) in [4.78, 5) is 38.7. The average molecular weight is 568 g/mol. The Morgan fingerprint density at radius 3 is 1.50 bits per heavy atom. The van der Waals surface area contributed by atoms with Gasteiger partial charge in [-0.1, -0.05) is 54.5 Å². The van der Waals surface area contributed by atoms with E-state index < -0.39 is 15.3 Å². The predicted molar refractivity (Wildman–Crippen MR) is 128 cm³/mol. The van der Waals surface area contributed by atoms with Gasteiger partial charge < -0.3 is 9.47 Å². The number of methoxy groups -OCH3 is 2. The fraction of sp³-hybridized carbons (Fsp3) is 0.0952. The van der Waals surface area contributed by atoms with Crippen molar-refractivity contribution >= 4 is 80.5 Å². The van der Waals surface area contributed by atoms with Crippen LogP contribution in [0.15, 0.2) is 54.9 Å². The zero-order valence-corrected chi connectivity index (χ0v) is 20.4. The molecule has 0 radical (unpaired) electrons. The summed E-state index contributed by atoms with van der Waals surface area (Å²) < 4.78 is 12.6. The number of hydrogen-bond acceptors (Lipinski definition) is 7. The van der Waals surface area contributed by atoms with Crippen molar-refractivity contribution < 1.29 is 14.3 Å². The fourth-order valence-electron chi connectivity index (χ4n) is 3.10. The van der Waals surface area contributed by atoms with Crippen LogP contribution in [0.2, 0.25) is 0 Å². The molecule has 152 valence electrons. The van der Waals surface area contributed by atoms with Crippen molar-refractivity contribution in [3.8, 4) is 11.5 Å². The second kappa shape index (κ2) is 8.22. The number of ether oxygens (including phenoxy) is 2. The molecule has 5 nitrogen and oxygen atoms in total. The molecule has 2 aromatic carbocycles. The quantitative estimate of drug-likeness (QED) is 0.300. The Kier molecular flexibility index (Phi) is 5.80. The lowest BCUT2D eigenvalue weighted by molar-refractivity contribution is 0.103. The minimum absolute atomic E-state index is 0.0433. The van der Waals surface area contributed by atoms with Crippen LogP contribution in [0.3, 0.4) is 0 Å². The van der Waals surface area contributed by atoms with Gasteiger partial charge in [-0.3, -0.25) is 14.4 Å². The largest absolute Gasteiger partial charge is 0.495 e. The van der Waals surface area contributed by atoms with E-state index in [4.69, 9.17) is 9.47 Å². The smallest absolute Gasteiger partial charge is 0.244 e. The van der Waals surface area contributed by atoms with Crippen molar-refractivity contribution in [3.05, 3.63) is 75.5 Å². The lowest BCUT2D eigenvalue weighted by Gasteiger charge is -2.08. The molecular weight excluding hydrogens is 556 g/mol. The molecule has 4 aromatic rings. The van der Waals surface area contributed by atoms with Crippen LogP contribution in [0.4, 0.5) is 0 Å². The Balaban J connectivity index is 1.93. The van der Waals surface area contributed by atoms with Crippen molar-refractivity contribution in [3.63, 3.8) is 0 Å². The van der Waals surface area contributed by atoms with E-state index in [0.717, 1.165) is 31.6 Å². The summed E-state index contributed by atoms with van der Waals surface area (Å²) in [6, 6.07) is 10.1. The fourth-order valence-corrected chi connectivity index (χ4v) is 5.86. The predicted octanol–water partition coefficient (Wildman–Crippen LogP) is 5.61. The number of halogens is 2. The van der Waals surface area contributed by atoms with Gasteiger partial charge in [-0.15, -0.1) is 0 Å². The average Bonchev–Trinajstić information content (AvgIpc) is 2.71. The molecule has 0 saturated heterocycles. The molecular formula is C21H12Br2O5S2. The van der Waals surface area contributed by atoms with E-state index in [1.54, 1.807) is 24.3 Å². The maximum absolute atomic E-state index is 13.2. The second-order valence-electron chi connectivity index (χ2n) is 6.28. The van der Waals surface area contributed by atoms with Gasteiger partial charge in [-0.05, 0) is 47.2 Å². The Labute approximate surface area is 195 Å². The van der Waals surface area contributed by atoms with Gasteiger partial charge in [0.2, 0.25) is 15.3 Å². The van der Waals surface area contributed by atoms with E-state index in [-0.39, 0.29) is 11.1 Å². The minimum atomic E-state index is -0.598. The highest BCUT2D eigenvalue weighted by Gasteiger charge is 2.20. The Morgan fingerprint density at radius 1 is 0.733 bits per heavy atom. The van der Waals surface area contributed by atoms with E-state index in [1.807, 2.05) is 0 Å². The van der Waals surface area contributed by atoms with Crippen molar-refractivity contribution in [1.29, 1.82) is 0 Å². The van der Waals surface area contributed by atoms with Gasteiger partial charge in [-0.2, -0.15) is 0 Å². The second-order valence-corrected chi connectivity index (χ2v) is 10.1. The van der Waals surface area contributed by atoms with Gasteiger partial charge in [0.1, 0.15) is 11.5 Å². The van der Waals surface area contributed by atoms with Gasteiger partial charge in [0.25, 0.3) is 0 Å². The van der Waals surface area contributed by atoms with E-state index in [1.165, 1.54) is 26.4 Å². The van der Waals surface area contributed by atoms with E-state index in [9.17, 15) is 14.4 Å². The van der Waals surface area contributed by atoms with E-state index in [2.05, 4.69) is 31.9 Å². The molecule has 0 unspecified atom stereocenters. The summed E-state index contributed by atoms with van der Waals surface area (Å²) in [7, 11) is 3.04. The summed E-state index contributed by atoms with van der Waals surface area (Å²) in [5.74, 6) is 0.476. The summed E-state index contributed by atoms with van der Waals surface area (Å²) in [5, 5.41) is 1.35. The van der Waals surface area contributed by atoms with Gasteiger partial charge in [0, 0.05) is 8.95 Å². The third-order valence-corrected chi connectivity index (χ3v) is 7.46. The Morgan fingerprint density at radius 2 is 1.13 bits per heavy atom. The zero-order valence-electron chi connectivity index (χ0n) is 15.6. The standard InChI is InChI=1S/C21H12Br2O5S2/c1-27-15-7-11(22)3-9-5-13(20(25)29-18(9)15)17(24)14-6-10-4-12(23)8-16(28-2)19(10)30-21(14)26/h3-8H,1-2H3. The van der Waals surface area contributed by atoms with Crippen LogP contribution in [0, 0.1) is 0 Å². The molecule has 0 saturated carbocycles. The molecule has 0 N–H and O–H groups in total. The highest BCUT2D eigenvalue weighted by Crippen LogP contribution is 2.34. The van der Waals surface area contributed by atoms with Gasteiger partial charge in [-0.25, -0.2) is 0 Å². The summed E-state index contributed by atoms with van der Waals surface area (Å²) in [6.45, 7) is 0. The molecule has 2 aromatic heterocycles. The Hall–Kier alpha value is -2.07. The maximum Gasteiger partial charge on any atom is 0.244 e. The normalized spacial score (nSPS) is 11.1. The molecule has 0 aliphatic rings. The molecule has 0 amide bonds. The summed E-state index contributed by atoms with van der Waals surface area (Å²) >= 11 is 8.65. The Bertz CT molecular complexity index is 1350. The first-order valence-corrected chi connectivity index (χ1v) is 11.7. The molecule has 0 aliphatic heterocycles. The van der Waals surface area contributed by atoms with Crippen LogP contribution >= 0.6 is 54.5 Å². The highest BCUT2D eigenvalue weighted by atomic mass is 79.9. The molecule has 0 aliphatic carbocycles. The minimum Gasteiger partial charge on any atom is -0.495 e. The number of rotatable bonds is 4. The maximum atomic E-state index is 13.2. The molecule has 9 heteroatoms. The summed E-state index contributed by atoms with van der Waals surface area (Å²) in [6.07, 6.45) is 0. The van der Waals surface area contributed by atoms with Gasteiger partial charge in [0.05, 0.1) is 34.7 Å². The number of carbonyl (C=O) groups is 1. The van der Waals surface area contributed by atoms with Crippen LogP contribution in [0.1, 0.15) is 15.9 Å². The number of benzene rings is 2. The van der Waals surface area contributed by atoms with Crippen LogP contribution in [-0.4, -0.2) is 20.0 Å². The van der Waals surface area contributed by atoms with Crippen molar-refractivity contribution in [2.75, 3.05) is 14.2 Å². The number of ketones is 1. The van der Waals surface area contributed by atoms with Crippen molar-refractivity contribution in [2.24, 2.45) is 0 Å². The number of hydrogen-bond donors (Lipinski definition) is 0. The third kappa shape index (κ3) is 3.71. The van der Waals surface area contributed by atoms with Crippen molar-refractivity contribution in [2.45, 2.75) is 0 Å². The van der Waals surface area contributed by atoms with Crippen molar-refractivity contribution in [1.82, 2.24) is 0 Å². The van der Waals surface area contributed by atoms with Gasteiger partial charge >= 0.3 is 0 Å². The molecule has 4 rings (SSSR count). The van der Waals surface area contributed by atoms with Crippen LogP contribution in [-0.2, 0) is 0 Å². The SMILES string of the molecule is COc1cc(Br)cc2cc(C(=O)c3cc4cc(Br)cc(OC)c4sc3=O)c(=O)sc12. The lowest BCUT2D eigenvalue weighted by atomic mass is 10.1. The monoisotopic (exact) mass is 566 g/mol. The van der Waals surface area contributed by atoms with Crippen LogP contribution in [0.5, 0.6) is 11.5 Å². The molecule has 0 atom stereocenters. The van der Waals surface area contributed by atoms with E-state index in [0.29, 0.717) is 31.7 Å². The molecule has 2 heterocycles. The lowest BCUT2D eigenvalue weighted by Crippen LogP contribution is -2.18. The zero-order chi connectivity index (χ0) is 21.6. The number of carbonyl (C=O) groups excluding carboxylic acids is 1. The molecule has 30 heavy (non-hydrogen) atoms. The summed E-state index contributed by atoms with van der Waals surface area (Å²) in [5.41, 5.74) is -0.0865. The third-order valence-electron chi connectivity index (χ3n) is 4.45. The van der Waals surface area contributed by atoms with Crippen LogP contribution in [0.25, 0.3) is 20.2 Å². The highest BCUT2D eigenvalue weighted by molar-refractivity contribution is 9.10. The van der Waals surface area contributed by atoms with E-state index >= 15 is 0 Å². The molecule has 0 fully saturated rings. The topological polar surface area (TPSA) is 69.7 Å². The first kappa shape index (κ1) is 21.2. The molecule has 0 spiro atoms. The first-order chi connectivity index (χ1) is 14.3. The van der Waals surface area contributed by atoms with Crippen LogP contribution < -0.4 is 19.0 Å². The number of fused-ring (bicyclic) bond motifs is 2. The molecule has 0 bridgehead atoms. The van der Waals surface area contributed by atoms with Gasteiger partial charge in [0.15, 0.2) is 0 Å². The first-order valence-electron chi connectivity index (χ1n) is 8.50.